The molecule has 8 aromatic carbocycles. The number of aromatic nitrogens is 4. The quantitative estimate of drug-likeness (QED) is 0.171. The molecule has 0 N–H and O–H groups in total. The molecule has 13 rings (SSSR count). The molecule has 4 aromatic heterocycles. The van der Waals surface area contributed by atoms with Gasteiger partial charge >= 0.3 is 0 Å². The minimum absolute atomic E-state index is 1.06. The van der Waals surface area contributed by atoms with Gasteiger partial charge in [-0.3, -0.25) is 0 Å². The molecule has 0 amide bonds. The molecule has 0 bridgehead atoms. The van der Waals surface area contributed by atoms with E-state index in [9.17, 15) is 0 Å². The first kappa shape index (κ1) is 31.6. The Morgan fingerprint density at radius 3 is 1.24 bits per heavy atom. The number of benzene rings is 8. The molecular formula is C54H36N4. The third-order valence-electron chi connectivity index (χ3n) is 12.6. The smallest absolute Gasteiger partial charge is 0.0641 e. The van der Waals surface area contributed by atoms with Crippen LogP contribution >= 0.6 is 0 Å². The molecule has 0 atom stereocenters. The van der Waals surface area contributed by atoms with E-state index in [4.69, 9.17) is 0 Å². The van der Waals surface area contributed by atoms with Gasteiger partial charge in [0.2, 0.25) is 0 Å². The highest BCUT2D eigenvalue weighted by Crippen LogP contribution is 2.44. The fourth-order valence-corrected chi connectivity index (χ4v) is 10.2. The molecule has 0 saturated carbocycles. The van der Waals surface area contributed by atoms with Crippen molar-refractivity contribution in [2.75, 3.05) is 0 Å². The summed E-state index contributed by atoms with van der Waals surface area (Å²) in [4.78, 5) is 0. The van der Waals surface area contributed by atoms with Crippen molar-refractivity contribution in [3.05, 3.63) is 194 Å². The van der Waals surface area contributed by atoms with Crippen LogP contribution in [0.25, 0.3) is 110 Å². The molecule has 0 saturated heterocycles. The monoisotopic (exact) mass is 740 g/mol. The van der Waals surface area contributed by atoms with Gasteiger partial charge in [0.05, 0.1) is 44.1 Å². The lowest BCUT2D eigenvalue weighted by Gasteiger charge is -2.13. The molecule has 1 aliphatic carbocycles. The number of hydrogen-bond donors (Lipinski definition) is 0. The minimum Gasteiger partial charge on any atom is -0.310 e. The summed E-state index contributed by atoms with van der Waals surface area (Å²) < 4.78 is 9.86. The van der Waals surface area contributed by atoms with Crippen molar-refractivity contribution < 1.29 is 0 Å². The molecule has 0 radical (unpaired) electrons. The first-order valence-corrected chi connectivity index (χ1v) is 20.3. The zero-order chi connectivity index (χ0) is 37.9. The van der Waals surface area contributed by atoms with Gasteiger partial charge in [-0.25, -0.2) is 0 Å². The number of fused-ring (bicyclic) bond motifs is 14. The van der Waals surface area contributed by atoms with Gasteiger partial charge in [-0.1, -0.05) is 115 Å². The molecule has 0 fully saturated rings. The maximum Gasteiger partial charge on any atom is 0.0641 e. The molecule has 0 aliphatic heterocycles. The van der Waals surface area contributed by atoms with Crippen molar-refractivity contribution >= 4 is 92.9 Å². The van der Waals surface area contributed by atoms with Crippen molar-refractivity contribution in [3.63, 3.8) is 0 Å². The fourth-order valence-electron chi connectivity index (χ4n) is 10.2. The molecule has 0 spiro atoms. The highest BCUT2D eigenvalue weighted by atomic mass is 15.0. The van der Waals surface area contributed by atoms with Crippen LogP contribution in [0.4, 0.5) is 0 Å². The molecule has 12 aromatic rings. The second-order valence-electron chi connectivity index (χ2n) is 15.6. The van der Waals surface area contributed by atoms with Crippen LogP contribution in [0, 0.1) is 0 Å². The average Bonchev–Trinajstić information content (AvgIpc) is 4.02. The summed E-state index contributed by atoms with van der Waals surface area (Å²) in [7, 11) is 0. The number of nitrogens with zero attached hydrogens (tertiary/aromatic N) is 4. The van der Waals surface area contributed by atoms with Crippen molar-refractivity contribution in [1.82, 2.24) is 18.3 Å². The van der Waals surface area contributed by atoms with Crippen LogP contribution in [0.5, 0.6) is 0 Å². The van der Waals surface area contributed by atoms with Crippen molar-refractivity contribution in [1.29, 1.82) is 0 Å². The summed E-state index contributed by atoms with van der Waals surface area (Å²) >= 11 is 0. The van der Waals surface area contributed by atoms with E-state index in [0.29, 0.717) is 0 Å². The molecule has 0 unspecified atom stereocenters. The van der Waals surface area contributed by atoms with Gasteiger partial charge in [0, 0.05) is 65.8 Å². The molecule has 4 nitrogen and oxygen atoms in total. The summed E-state index contributed by atoms with van der Waals surface area (Å²) in [6.45, 7) is 0. The Morgan fingerprint density at radius 1 is 0.293 bits per heavy atom. The zero-order valence-electron chi connectivity index (χ0n) is 31.7. The SMILES string of the molecule is C1=CC(n2c3ccccc3c3c2ccc2c4ccccc4n(-c4ccc(-n5c6ccccc6c6ccc7c(c8ccccc8n7-c7ccccc7)c65)cc4)c23)=CCC1. The lowest BCUT2D eigenvalue weighted by atomic mass is 10.1. The van der Waals surface area contributed by atoms with Gasteiger partial charge in [0.15, 0.2) is 0 Å². The van der Waals surface area contributed by atoms with Gasteiger partial charge < -0.3 is 18.3 Å². The van der Waals surface area contributed by atoms with E-state index in [1.165, 1.54) is 92.9 Å². The van der Waals surface area contributed by atoms with Gasteiger partial charge in [-0.15, -0.1) is 0 Å². The van der Waals surface area contributed by atoms with Crippen LogP contribution in [0.1, 0.15) is 12.8 Å². The second kappa shape index (κ2) is 12.0. The Labute approximate surface area is 334 Å². The molecule has 4 heteroatoms. The number of para-hydroxylation sites is 5. The van der Waals surface area contributed by atoms with E-state index >= 15 is 0 Å². The Hall–Kier alpha value is -7.56. The third kappa shape index (κ3) is 4.24. The standard InChI is InChI=1S/C54H36N4/c1-3-15-35(16-4-1)55-47-25-13-9-21-43(47)51-49(55)33-31-41-39-19-7-11-23-45(39)57(53(41)51)37-27-29-38(30-28-37)58-46-24-12-8-20-40(46)42-32-34-50-52(54(42)58)44-22-10-14-26-48(44)56(50)36-17-5-2-6-18-36/h1,3-5,7-34H,2,6H2. The summed E-state index contributed by atoms with van der Waals surface area (Å²) in [5.74, 6) is 0. The number of rotatable bonds is 4. The van der Waals surface area contributed by atoms with E-state index in [0.717, 1.165) is 29.9 Å². The number of hydrogen-bond acceptors (Lipinski definition) is 0. The van der Waals surface area contributed by atoms with Crippen LogP contribution < -0.4 is 0 Å². The maximum atomic E-state index is 2.50. The third-order valence-corrected chi connectivity index (χ3v) is 12.6. The van der Waals surface area contributed by atoms with E-state index in [1.807, 2.05) is 0 Å². The maximum absolute atomic E-state index is 2.50. The van der Waals surface area contributed by atoms with E-state index < -0.39 is 0 Å². The van der Waals surface area contributed by atoms with Crippen molar-refractivity contribution in [3.8, 4) is 17.1 Å². The minimum atomic E-state index is 1.06. The van der Waals surface area contributed by atoms with Gasteiger partial charge in [-0.05, 0) is 91.7 Å². The Balaban J connectivity index is 1.09. The van der Waals surface area contributed by atoms with Crippen LogP contribution in [0.2, 0.25) is 0 Å². The van der Waals surface area contributed by atoms with Crippen LogP contribution in [-0.4, -0.2) is 18.3 Å². The van der Waals surface area contributed by atoms with Crippen LogP contribution in [0.15, 0.2) is 194 Å². The van der Waals surface area contributed by atoms with Gasteiger partial charge in [-0.2, -0.15) is 0 Å². The Morgan fingerprint density at radius 2 is 0.724 bits per heavy atom. The molecule has 4 heterocycles. The van der Waals surface area contributed by atoms with E-state index in [-0.39, 0.29) is 0 Å². The van der Waals surface area contributed by atoms with Crippen molar-refractivity contribution in [2.45, 2.75) is 12.8 Å². The van der Waals surface area contributed by atoms with Crippen LogP contribution in [-0.2, 0) is 0 Å². The van der Waals surface area contributed by atoms with Crippen molar-refractivity contribution in [2.24, 2.45) is 0 Å². The fraction of sp³-hybridized carbons (Fsp3) is 0.0370. The Bertz CT molecular complexity index is 3710. The summed E-state index contributed by atoms with van der Waals surface area (Å²) in [6.07, 6.45) is 9.12. The normalized spacial score (nSPS) is 13.4. The van der Waals surface area contributed by atoms with Crippen LogP contribution in [0.3, 0.4) is 0 Å². The number of allylic oxidation sites excluding steroid dienone is 4. The summed E-state index contributed by atoms with van der Waals surface area (Å²) in [6, 6.07) is 64.8. The highest BCUT2D eigenvalue weighted by Gasteiger charge is 2.23. The lowest BCUT2D eigenvalue weighted by Crippen LogP contribution is -1.98. The largest absolute Gasteiger partial charge is 0.310 e. The lowest BCUT2D eigenvalue weighted by molar-refractivity contribution is 1.02. The topological polar surface area (TPSA) is 19.7 Å². The predicted octanol–water partition coefficient (Wildman–Crippen LogP) is 14.3. The highest BCUT2D eigenvalue weighted by molar-refractivity contribution is 6.28. The zero-order valence-corrected chi connectivity index (χ0v) is 31.7. The first-order chi connectivity index (χ1) is 28.8. The molecular weight excluding hydrogens is 705 g/mol. The molecule has 272 valence electrons. The van der Waals surface area contributed by atoms with Gasteiger partial charge in [0.25, 0.3) is 0 Å². The second-order valence-corrected chi connectivity index (χ2v) is 15.6. The van der Waals surface area contributed by atoms with Gasteiger partial charge in [0.1, 0.15) is 0 Å². The average molecular weight is 741 g/mol. The predicted molar refractivity (Wildman–Crippen MR) is 245 cm³/mol. The first-order valence-electron chi connectivity index (χ1n) is 20.3. The Kier molecular flexibility index (Phi) is 6.53. The van der Waals surface area contributed by atoms with E-state index in [1.54, 1.807) is 0 Å². The molecule has 1 aliphatic rings. The summed E-state index contributed by atoms with van der Waals surface area (Å²) in [5.41, 5.74) is 14.4. The summed E-state index contributed by atoms with van der Waals surface area (Å²) in [5, 5.41) is 10.1. The molecule has 58 heavy (non-hydrogen) atoms. The van der Waals surface area contributed by atoms with E-state index in [2.05, 4.69) is 212 Å².